The molecule has 0 atom stereocenters. The van der Waals surface area contributed by atoms with Crippen LogP contribution in [0.2, 0.25) is 0 Å². The molecule has 0 saturated carbocycles. The second-order valence-corrected chi connectivity index (χ2v) is 0.408. The van der Waals surface area contributed by atoms with Crippen molar-refractivity contribution in [2.45, 2.75) is 0 Å². The molecule has 0 aliphatic carbocycles. The Kier molecular flexibility index (Phi) is 71.3. The molecule has 0 heterocycles. The van der Waals surface area contributed by atoms with Crippen molar-refractivity contribution in [1.29, 1.82) is 0 Å². The molecule has 0 N–H and O–H groups in total. The van der Waals surface area contributed by atoms with E-state index in [9.17, 15) is 0 Å². The van der Waals surface area contributed by atoms with Crippen molar-refractivity contribution in [3.8, 4) is 0 Å². The smallest absolute Gasteiger partial charge is 1.00 e. The molecule has 0 aromatic heterocycles. The van der Waals surface area contributed by atoms with Gasteiger partial charge < -0.3 is 17.1 Å². The zero-order valence-corrected chi connectivity index (χ0v) is 4.54. The molecule has 0 aromatic carbocycles. The van der Waals surface area contributed by atoms with Crippen LogP contribution >= 0.6 is 0 Å². The maximum atomic E-state index is 4.25. The van der Waals surface area contributed by atoms with Gasteiger partial charge in [-0.15, -0.1) is 0 Å². The zero-order valence-electron chi connectivity index (χ0n) is 3.79. The summed E-state index contributed by atoms with van der Waals surface area (Å²) in [5, 5.41) is 0. The van der Waals surface area contributed by atoms with E-state index in [1.807, 2.05) is 0 Å². The average Bonchev–Trinajstić information content (AvgIpc) is 0.918. The van der Waals surface area contributed by atoms with Gasteiger partial charge in [0.05, 0.1) is 0 Å². The second-order valence-electron chi connectivity index (χ2n) is 0.408. The molecular weight excluding hydrogens is 82.4 g/mol. The Morgan fingerprint density at radius 3 is 1.20 bits per heavy atom. The molecule has 0 aromatic rings. The third-order valence-electron chi connectivity index (χ3n) is 0. The number of hydrogen-bond acceptors (Lipinski definition) is 1. The summed E-state index contributed by atoms with van der Waals surface area (Å²) in [5.41, 5.74) is 0. The predicted molar refractivity (Wildman–Crippen MR) is 12.9 cm³/mol. The normalized spacial score (nSPS) is 3.60. The van der Waals surface area contributed by atoms with Crippen LogP contribution in [0.15, 0.2) is 0 Å². The molecule has 0 unspecified atom stereocenters. The molecule has 0 bridgehead atoms. The molecule has 3 heteroatoms. The first kappa shape index (κ1) is 16.9. The first-order valence-electron chi connectivity index (χ1n) is 0.816. The van der Waals surface area contributed by atoms with Gasteiger partial charge in [-0.25, -0.2) is 0 Å². The van der Waals surface area contributed by atoms with Crippen molar-refractivity contribution >= 4 is 0 Å². The van der Waals surface area contributed by atoms with Crippen molar-refractivity contribution in [3.05, 3.63) is 0 Å². The van der Waals surface area contributed by atoms with Crippen molar-refractivity contribution < 1.29 is 36.0 Å². The number of rotatable bonds is 0. The van der Waals surface area contributed by atoms with Crippen LogP contribution in [-0.2, 0) is 4.74 Å². The van der Waals surface area contributed by atoms with Crippen LogP contribution < -0.4 is 31.3 Å². The SMILES string of the molecule is COC.[Cl-].[Li+]. The van der Waals surface area contributed by atoms with Crippen molar-refractivity contribution in [2.75, 3.05) is 14.2 Å². The molecule has 0 spiro atoms. The van der Waals surface area contributed by atoms with Crippen LogP contribution in [0.1, 0.15) is 0 Å². The molecule has 0 rings (SSSR count). The van der Waals surface area contributed by atoms with E-state index in [0.29, 0.717) is 0 Å². The van der Waals surface area contributed by atoms with Crippen LogP contribution in [0.5, 0.6) is 0 Å². The van der Waals surface area contributed by atoms with Crippen molar-refractivity contribution in [3.63, 3.8) is 0 Å². The Bertz CT molecular complexity index is 9.61. The quantitative estimate of drug-likeness (QED) is 0.268. The summed E-state index contributed by atoms with van der Waals surface area (Å²) in [4.78, 5) is 0. The van der Waals surface area contributed by atoms with E-state index in [0.717, 1.165) is 0 Å². The number of halogens is 1. The van der Waals surface area contributed by atoms with E-state index >= 15 is 0 Å². The first-order chi connectivity index (χ1) is 1.41. The number of hydrogen-bond donors (Lipinski definition) is 0. The maximum absolute atomic E-state index is 4.25. The molecular formula is C2H6ClLiO. The van der Waals surface area contributed by atoms with Gasteiger partial charge in [-0.3, -0.25) is 0 Å². The average molecular weight is 88.5 g/mol. The summed E-state index contributed by atoms with van der Waals surface area (Å²) in [5.74, 6) is 0. The Morgan fingerprint density at radius 2 is 1.20 bits per heavy atom. The van der Waals surface area contributed by atoms with Crippen LogP contribution in [0.4, 0.5) is 0 Å². The summed E-state index contributed by atoms with van der Waals surface area (Å²) in [6, 6.07) is 0. The van der Waals surface area contributed by atoms with Gasteiger partial charge in [-0.05, 0) is 0 Å². The fourth-order valence-electron chi connectivity index (χ4n) is 0. The summed E-state index contributed by atoms with van der Waals surface area (Å²) in [6.45, 7) is 0. The number of ether oxygens (including phenoxy) is 1. The zero-order chi connectivity index (χ0) is 2.71. The van der Waals surface area contributed by atoms with Gasteiger partial charge in [-0.1, -0.05) is 0 Å². The van der Waals surface area contributed by atoms with Crippen LogP contribution in [0, 0.1) is 0 Å². The molecule has 0 radical (unpaired) electrons. The Balaban J connectivity index is -0.0000000200. The van der Waals surface area contributed by atoms with E-state index in [4.69, 9.17) is 0 Å². The third kappa shape index (κ3) is 54.7. The van der Waals surface area contributed by atoms with Gasteiger partial charge in [-0.2, -0.15) is 0 Å². The predicted octanol–water partition coefficient (Wildman–Crippen LogP) is -5.73. The molecule has 0 fully saturated rings. The minimum atomic E-state index is 0. The molecule has 0 aliphatic heterocycles. The summed E-state index contributed by atoms with van der Waals surface area (Å²) in [7, 11) is 3.25. The van der Waals surface area contributed by atoms with Gasteiger partial charge in [0.1, 0.15) is 0 Å². The van der Waals surface area contributed by atoms with E-state index in [1.54, 1.807) is 14.2 Å². The third-order valence-corrected chi connectivity index (χ3v) is 0. The topological polar surface area (TPSA) is 9.23 Å². The van der Waals surface area contributed by atoms with Crippen LogP contribution in [-0.4, -0.2) is 14.2 Å². The summed E-state index contributed by atoms with van der Waals surface area (Å²) in [6.07, 6.45) is 0. The van der Waals surface area contributed by atoms with E-state index < -0.39 is 0 Å². The maximum Gasteiger partial charge on any atom is 1.00 e. The minimum absolute atomic E-state index is 0. The minimum Gasteiger partial charge on any atom is -1.00 e. The standard InChI is InChI=1S/C2H6O.ClH.Li/c1-3-2;;/h1-2H3;1H;/q;;+1/p-1. The second kappa shape index (κ2) is 21.0. The molecule has 0 aliphatic rings. The monoisotopic (exact) mass is 88.0 g/mol. The van der Waals surface area contributed by atoms with Gasteiger partial charge in [0.2, 0.25) is 0 Å². The molecule has 0 amide bonds. The molecule has 28 valence electrons. The largest absolute Gasteiger partial charge is 1.00 e. The van der Waals surface area contributed by atoms with E-state index in [1.165, 1.54) is 0 Å². The van der Waals surface area contributed by atoms with Gasteiger partial charge in [0.15, 0.2) is 0 Å². The Morgan fingerprint density at radius 1 is 1.20 bits per heavy atom. The Hall–Kier alpha value is 0.847. The Labute approximate surface area is 50.7 Å². The molecule has 5 heavy (non-hydrogen) atoms. The van der Waals surface area contributed by atoms with E-state index in [-0.39, 0.29) is 31.3 Å². The van der Waals surface area contributed by atoms with Crippen molar-refractivity contribution in [1.82, 2.24) is 0 Å². The van der Waals surface area contributed by atoms with Gasteiger partial charge in [0.25, 0.3) is 0 Å². The van der Waals surface area contributed by atoms with Crippen LogP contribution in [0.25, 0.3) is 0 Å². The number of methoxy groups -OCH3 is 1. The summed E-state index contributed by atoms with van der Waals surface area (Å²) >= 11 is 0. The van der Waals surface area contributed by atoms with Gasteiger partial charge in [0, 0.05) is 14.2 Å². The van der Waals surface area contributed by atoms with Crippen LogP contribution in [0.3, 0.4) is 0 Å². The fraction of sp³-hybridized carbons (Fsp3) is 1.00. The fourth-order valence-corrected chi connectivity index (χ4v) is 0. The summed E-state index contributed by atoms with van der Waals surface area (Å²) < 4.78 is 4.25. The first-order valence-corrected chi connectivity index (χ1v) is 0.816. The van der Waals surface area contributed by atoms with Crippen molar-refractivity contribution in [2.24, 2.45) is 0 Å². The van der Waals surface area contributed by atoms with E-state index in [2.05, 4.69) is 4.74 Å². The molecule has 0 saturated heterocycles. The van der Waals surface area contributed by atoms with Gasteiger partial charge >= 0.3 is 18.9 Å². The molecule has 1 nitrogen and oxygen atoms in total.